The van der Waals surface area contributed by atoms with Gasteiger partial charge >= 0.3 is 0 Å². The van der Waals surface area contributed by atoms with Crippen LogP contribution < -0.4 is 9.64 Å². The zero-order valence-electron chi connectivity index (χ0n) is 18.4. The van der Waals surface area contributed by atoms with Gasteiger partial charge in [-0.3, -0.25) is 0 Å². The maximum absolute atomic E-state index is 5.79. The molecule has 2 saturated carbocycles. The Kier molecular flexibility index (Phi) is 5.18. The molecule has 1 aromatic carbocycles. The minimum Gasteiger partial charge on any atom is -0.496 e. The van der Waals surface area contributed by atoms with E-state index in [1.54, 1.807) is 18.9 Å². The van der Waals surface area contributed by atoms with Gasteiger partial charge in [-0.1, -0.05) is 12.1 Å². The van der Waals surface area contributed by atoms with Crippen molar-refractivity contribution in [2.24, 2.45) is 11.8 Å². The van der Waals surface area contributed by atoms with Crippen molar-refractivity contribution in [2.45, 2.75) is 44.6 Å². The lowest BCUT2D eigenvalue weighted by molar-refractivity contribution is 0.415. The van der Waals surface area contributed by atoms with Gasteiger partial charge in [-0.25, -0.2) is 4.52 Å². The minimum absolute atomic E-state index is 0.857. The molecule has 158 valence electrons. The first-order valence-corrected chi connectivity index (χ1v) is 12.3. The van der Waals surface area contributed by atoms with Crippen molar-refractivity contribution in [3.63, 3.8) is 0 Å². The summed E-state index contributed by atoms with van der Waals surface area (Å²) in [6.07, 6.45) is 7.65. The molecule has 2 fully saturated rings. The van der Waals surface area contributed by atoms with Crippen LogP contribution in [0.5, 0.6) is 5.75 Å². The van der Waals surface area contributed by atoms with E-state index in [9.17, 15) is 0 Å². The molecule has 2 aromatic heterocycles. The average molecular weight is 422 g/mol. The number of aryl methyl sites for hydroxylation is 2. The van der Waals surface area contributed by atoms with Gasteiger partial charge in [0.25, 0.3) is 0 Å². The molecular weight excluding hydrogens is 390 g/mol. The lowest BCUT2D eigenvalue weighted by Crippen LogP contribution is -2.28. The molecular formula is C25H31N3OS. The number of methoxy groups -OCH3 is 1. The number of aromatic nitrogens is 2. The van der Waals surface area contributed by atoms with Crippen LogP contribution in [0.4, 0.5) is 5.69 Å². The number of thioether (sulfide) groups is 1. The van der Waals surface area contributed by atoms with Crippen molar-refractivity contribution in [3.8, 4) is 17.0 Å². The van der Waals surface area contributed by atoms with E-state index in [2.05, 4.69) is 59.9 Å². The van der Waals surface area contributed by atoms with Gasteiger partial charge in [0, 0.05) is 18.7 Å². The van der Waals surface area contributed by atoms with Gasteiger partial charge in [-0.05, 0) is 86.9 Å². The number of rotatable bonds is 8. The Labute approximate surface area is 183 Å². The van der Waals surface area contributed by atoms with Gasteiger partial charge in [-0.15, -0.1) is 11.8 Å². The molecule has 0 radical (unpaired) electrons. The molecule has 5 heteroatoms. The van der Waals surface area contributed by atoms with Crippen LogP contribution in [-0.4, -0.2) is 36.1 Å². The maximum atomic E-state index is 5.79. The highest BCUT2D eigenvalue weighted by atomic mass is 32.2. The molecule has 0 N–H and O–H groups in total. The van der Waals surface area contributed by atoms with E-state index in [-0.39, 0.29) is 0 Å². The summed E-state index contributed by atoms with van der Waals surface area (Å²) in [6, 6.07) is 10.9. The Morgan fingerprint density at radius 3 is 2.40 bits per heavy atom. The minimum atomic E-state index is 0.857. The van der Waals surface area contributed by atoms with Crippen molar-refractivity contribution in [3.05, 3.63) is 41.5 Å². The van der Waals surface area contributed by atoms with E-state index < -0.39 is 0 Å². The zero-order valence-corrected chi connectivity index (χ0v) is 19.3. The first kappa shape index (κ1) is 19.8. The topological polar surface area (TPSA) is 29.8 Å². The number of nitrogens with zero attached hydrogens (tertiary/aromatic N) is 3. The predicted octanol–water partition coefficient (Wildman–Crippen LogP) is 5.98. The van der Waals surface area contributed by atoms with E-state index in [4.69, 9.17) is 9.84 Å². The van der Waals surface area contributed by atoms with Crippen LogP contribution in [0.25, 0.3) is 16.8 Å². The molecule has 0 amide bonds. The third kappa shape index (κ3) is 3.68. The first-order valence-electron chi connectivity index (χ1n) is 11.0. The molecule has 3 aromatic rings. The standard InChI is InChI=1S/C25H31N3OS/c1-16-12-17(2)23(22(13-16)29-3)20-6-5-7-21-24(25(30-4)26-28(20)21)27(14-18-8-9-18)15-19-10-11-19/h5-7,12-13,18-19H,8-11,14-15H2,1-4H3. The summed E-state index contributed by atoms with van der Waals surface area (Å²) >= 11 is 1.76. The van der Waals surface area contributed by atoms with E-state index in [0.717, 1.165) is 33.9 Å². The normalized spacial score (nSPS) is 16.3. The highest BCUT2D eigenvalue weighted by Crippen LogP contribution is 2.42. The molecule has 0 saturated heterocycles. The largest absolute Gasteiger partial charge is 0.496 e. The molecule has 2 heterocycles. The second-order valence-corrected chi connectivity index (χ2v) is 9.81. The molecule has 30 heavy (non-hydrogen) atoms. The van der Waals surface area contributed by atoms with Gasteiger partial charge in [0.15, 0.2) is 0 Å². The highest BCUT2D eigenvalue weighted by molar-refractivity contribution is 7.98. The molecule has 5 rings (SSSR count). The molecule has 0 spiro atoms. The third-order valence-electron chi connectivity index (χ3n) is 6.38. The number of benzene rings is 1. The molecule has 2 aliphatic carbocycles. The fourth-order valence-corrected chi connectivity index (χ4v) is 5.15. The van der Waals surface area contributed by atoms with Gasteiger partial charge in [0.2, 0.25) is 0 Å². The Morgan fingerprint density at radius 2 is 1.80 bits per heavy atom. The Morgan fingerprint density at radius 1 is 1.10 bits per heavy atom. The summed E-state index contributed by atoms with van der Waals surface area (Å²) in [6.45, 7) is 6.62. The summed E-state index contributed by atoms with van der Waals surface area (Å²) in [7, 11) is 1.76. The lowest BCUT2D eigenvalue weighted by atomic mass is 10.0. The van der Waals surface area contributed by atoms with E-state index >= 15 is 0 Å². The van der Waals surface area contributed by atoms with Crippen LogP contribution in [0.3, 0.4) is 0 Å². The zero-order chi connectivity index (χ0) is 20.8. The molecule has 4 nitrogen and oxygen atoms in total. The van der Waals surface area contributed by atoms with Gasteiger partial charge in [-0.2, -0.15) is 5.10 Å². The summed E-state index contributed by atoms with van der Waals surface area (Å²) in [4.78, 5) is 2.65. The summed E-state index contributed by atoms with van der Waals surface area (Å²) in [5.41, 5.74) is 7.20. The van der Waals surface area contributed by atoms with E-state index in [1.165, 1.54) is 61.1 Å². The summed E-state index contributed by atoms with van der Waals surface area (Å²) < 4.78 is 7.93. The van der Waals surface area contributed by atoms with Crippen LogP contribution in [0.2, 0.25) is 0 Å². The molecule has 0 aliphatic heterocycles. The van der Waals surface area contributed by atoms with Crippen molar-refractivity contribution in [2.75, 3.05) is 31.4 Å². The molecule has 2 aliphatic rings. The van der Waals surface area contributed by atoms with E-state index in [0.29, 0.717) is 0 Å². The molecule has 0 bridgehead atoms. The van der Waals surface area contributed by atoms with Crippen molar-refractivity contribution >= 4 is 23.0 Å². The maximum Gasteiger partial charge on any atom is 0.142 e. The summed E-state index contributed by atoms with van der Waals surface area (Å²) in [5.74, 6) is 2.63. The van der Waals surface area contributed by atoms with Gasteiger partial charge in [0.05, 0.1) is 24.0 Å². The Bertz CT molecular complexity index is 1070. The average Bonchev–Trinajstić information content (AvgIpc) is 3.66. The number of anilines is 1. The third-order valence-corrected chi connectivity index (χ3v) is 7.04. The quantitative estimate of drug-likeness (QED) is 0.419. The van der Waals surface area contributed by atoms with Crippen molar-refractivity contribution in [1.29, 1.82) is 0 Å². The SMILES string of the molecule is COc1cc(C)cc(C)c1-c1cccc2c(N(CC3CC3)CC3CC3)c(SC)nn12. The predicted molar refractivity (Wildman–Crippen MR) is 126 cm³/mol. The Balaban J connectivity index is 1.68. The van der Waals surface area contributed by atoms with Gasteiger partial charge in [0.1, 0.15) is 10.8 Å². The van der Waals surface area contributed by atoms with Crippen LogP contribution in [0.15, 0.2) is 35.4 Å². The van der Waals surface area contributed by atoms with Crippen LogP contribution in [0.1, 0.15) is 36.8 Å². The summed E-state index contributed by atoms with van der Waals surface area (Å²) in [5, 5.41) is 6.24. The second kappa shape index (κ2) is 7.84. The van der Waals surface area contributed by atoms with Crippen LogP contribution >= 0.6 is 11.8 Å². The lowest BCUT2D eigenvalue weighted by Gasteiger charge is -2.25. The number of hydrogen-bond donors (Lipinski definition) is 0. The van der Waals surface area contributed by atoms with Crippen molar-refractivity contribution in [1.82, 2.24) is 9.61 Å². The number of ether oxygens (including phenoxy) is 1. The number of hydrogen-bond acceptors (Lipinski definition) is 4. The second-order valence-electron chi connectivity index (χ2n) is 9.02. The van der Waals surface area contributed by atoms with Crippen LogP contribution in [-0.2, 0) is 0 Å². The molecule has 0 unspecified atom stereocenters. The molecule has 0 atom stereocenters. The fourth-order valence-electron chi connectivity index (χ4n) is 4.56. The Hall–Kier alpha value is -2.14. The number of fused-ring (bicyclic) bond motifs is 1. The number of pyridine rings is 1. The highest BCUT2D eigenvalue weighted by Gasteiger charge is 2.32. The smallest absolute Gasteiger partial charge is 0.142 e. The van der Waals surface area contributed by atoms with E-state index in [1.807, 2.05) is 0 Å². The fraction of sp³-hybridized carbons (Fsp3) is 0.480. The van der Waals surface area contributed by atoms with Crippen molar-refractivity contribution < 1.29 is 4.74 Å². The van der Waals surface area contributed by atoms with Crippen LogP contribution in [0, 0.1) is 25.7 Å². The first-order chi connectivity index (χ1) is 14.6. The monoisotopic (exact) mass is 421 g/mol. The van der Waals surface area contributed by atoms with Gasteiger partial charge < -0.3 is 9.64 Å².